The number of nitrogens with zero attached hydrogens (tertiary/aromatic N) is 2. The lowest BCUT2D eigenvalue weighted by Crippen LogP contribution is -2.16. The number of hydrogen-bond donors (Lipinski definition) is 1. The fraction of sp³-hybridized carbons (Fsp3) is 0.667. The quantitative estimate of drug-likeness (QED) is 0.824. The minimum Gasteiger partial charge on any atom is -0.330 e. The van der Waals surface area contributed by atoms with Crippen LogP contribution in [0, 0.1) is 6.92 Å². The molecule has 0 unspecified atom stereocenters. The molecule has 1 aromatic rings. The first kappa shape index (κ1) is 12.1. The maximum atomic E-state index is 5.48. The average molecular weight is 207 g/mol. The molecular formula is C12H21N3. The lowest BCUT2D eigenvalue weighted by molar-refractivity contribution is 0.559. The molecule has 0 radical (unpaired) electrons. The van der Waals surface area contributed by atoms with Crippen LogP contribution in [0.1, 0.15) is 44.4 Å². The summed E-state index contributed by atoms with van der Waals surface area (Å²) >= 11 is 0. The Morgan fingerprint density at radius 2 is 1.93 bits per heavy atom. The van der Waals surface area contributed by atoms with Gasteiger partial charge in [0.1, 0.15) is 5.82 Å². The minimum atomic E-state index is 0.0885. The van der Waals surface area contributed by atoms with E-state index >= 15 is 0 Å². The summed E-state index contributed by atoms with van der Waals surface area (Å²) in [5.41, 5.74) is 7.73. The van der Waals surface area contributed by atoms with Crippen molar-refractivity contribution in [3.8, 4) is 0 Å². The molecular weight excluding hydrogens is 186 g/mol. The van der Waals surface area contributed by atoms with Gasteiger partial charge in [0, 0.05) is 23.2 Å². The third-order valence-corrected chi connectivity index (χ3v) is 2.27. The molecule has 84 valence electrons. The summed E-state index contributed by atoms with van der Waals surface area (Å²) in [6.07, 6.45) is 1.83. The van der Waals surface area contributed by atoms with E-state index < -0.39 is 0 Å². The van der Waals surface area contributed by atoms with E-state index in [2.05, 4.69) is 36.8 Å². The van der Waals surface area contributed by atoms with Gasteiger partial charge in [0.25, 0.3) is 0 Å². The fourth-order valence-corrected chi connectivity index (χ4v) is 1.39. The van der Waals surface area contributed by atoms with Crippen LogP contribution < -0.4 is 5.73 Å². The maximum absolute atomic E-state index is 5.48. The lowest BCUT2D eigenvalue weighted by Gasteiger charge is -2.18. The van der Waals surface area contributed by atoms with Crippen LogP contribution in [0.2, 0.25) is 0 Å². The topological polar surface area (TPSA) is 51.8 Å². The van der Waals surface area contributed by atoms with E-state index in [1.807, 2.05) is 6.92 Å². The predicted molar refractivity (Wildman–Crippen MR) is 62.8 cm³/mol. The molecule has 0 spiro atoms. The van der Waals surface area contributed by atoms with Gasteiger partial charge in [0.15, 0.2) is 0 Å². The molecule has 2 N–H and O–H groups in total. The normalized spacial score (nSPS) is 11.8. The largest absolute Gasteiger partial charge is 0.330 e. The van der Waals surface area contributed by atoms with Gasteiger partial charge in [-0.05, 0) is 26.0 Å². The fourth-order valence-electron chi connectivity index (χ4n) is 1.39. The zero-order valence-corrected chi connectivity index (χ0v) is 10.2. The van der Waals surface area contributed by atoms with Gasteiger partial charge in [-0.15, -0.1) is 0 Å². The number of rotatable bonds is 3. The molecule has 1 aromatic heterocycles. The first-order valence-electron chi connectivity index (χ1n) is 5.48. The Balaban J connectivity index is 2.95. The second-order valence-electron chi connectivity index (χ2n) is 4.95. The average Bonchev–Trinajstić information content (AvgIpc) is 2.12. The van der Waals surface area contributed by atoms with Gasteiger partial charge in [-0.3, -0.25) is 0 Å². The number of nitrogens with two attached hydrogens (primary N) is 1. The number of aromatic nitrogens is 2. The molecule has 0 fully saturated rings. The second-order valence-corrected chi connectivity index (χ2v) is 4.95. The highest BCUT2D eigenvalue weighted by molar-refractivity contribution is 5.17. The minimum absolute atomic E-state index is 0.0885. The van der Waals surface area contributed by atoms with Crippen molar-refractivity contribution in [2.45, 2.75) is 46.0 Å². The molecule has 0 aromatic carbocycles. The van der Waals surface area contributed by atoms with Crippen molar-refractivity contribution in [1.82, 2.24) is 9.97 Å². The predicted octanol–water partition coefficient (Wildman–Crippen LogP) is 1.97. The van der Waals surface area contributed by atoms with Gasteiger partial charge in [-0.25, -0.2) is 9.97 Å². The highest BCUT2D eigenvalue weighted by Gasteiger charge is 2.16. The van der Waals surface area contributed by atoms with Crippen molar-refractivity contribution >= 4 is 0 Å². The van der Waals surface area contributed by atoms with Gasteiger partial charge >= 0.3 is 0 Å². The first-order valence-corrected chi connectivity index (χ1v) is 5.48. The summed E-state index contributed by atoms with van der Waals surface area (Å²) < 4.78 is 0. The standard InChI is InChI=1S/C12H21N3/c1-9-8-10(12(2,3)4)15-11(14-9)6-5-7-13/h8H,5-7,13H2,1-4H3. The van der Waals surface area contributed by atoms with E-state index in [1.165, 1.54) is 0 Å². The summed E-state index contributed by atoms with van der Waals surface area (Å²) in [5.74, 6) is 0.922. The molecule has 3 nitrogen and oxygen atoms in total. The highest BCUT2D eigenvalue weighted by atomic mass is 14.9. The van der Waals surface area contributed by atoms with Crippen LogP contribution in [-0.4, -0.2) is 16.5 Å². The SMILES string of the molecule is Cc1cc(C(C)(C)C)nc(CCCN)n1. The smallest absolute Gasteiger partial charge is 0.128 e. The molecule has 0 aliphatic heterocycles. The number of hydrogen-bond acceptors (Lipinski definition) is 3. The molecule has 0 saturated carbocycles. The van der Waals surface area contributed by atoms with Crippen molar-refractivity contribution in [1.29, 1.82) is 0 Å². The van der Waals surface area contributed by atoms with Crippen LogP contribution in [0.25, 0.3) is 0 Å². The van der Waals surface area contributed by atoms with Crippen molar-refractivity contribution < 1.29 is 0 Å². The van der Waals surface area contributed by atoms with Gasteiger partial charge in [0.05, 0.1) is 0 Å². The van der Waals surface area contributed by atoms with Crippen LogP contribution >= 0.6 is 0 Å². The molecule has 0 saturated heterocycles. The maximum Gasteiger partial charge on any atom is 0.128 e. The molecule has 0 bridgehead atoms. The Morgan fingerprint density at radius 3 is 2.47 bits per heavy atom. The van der Waals surface area contributed by atoms with Crippen LogP contribution in [0.15, 0.2) is 6.07 Å². The Bertz CT molecular complexity index is 326. The van der Waals surface area contributed by atoms with Crippen LogP contribution in [0.4, 0.5) is 0 Å². The van der Waals surface area contributed by atoms with Crippen molar-refractivity contribution in [3.05, 3.63) is 23.3 Å². The van der Waals surface area contributed by atoms with Crippen LogP contribution in [0.3, 0.4) is 0 Å². The highest BCUT2D eigenvalue weighted by Crippen LogP contribution is 2.20. The van der Waals surface area contributed by atoms with Gasteiger partial charge in [0.2, 0.25) is 0 Å². The Labute approximate surface area is 92.1 Å². The summed E-state index contributed by atoms with van der Waals surface area (Å²) in [5, 5.41) is 0. The van der Waals surface area contributed by atoms with Gasteiger partial charge < -0.3 is 5.73 Å². The molecule has 0 atom stereocenters. The molecule has 15 heavy (non-hydrogen) atoms. The first-order chi connectivity index (χ1) is 6.93. The van der Waals surface area contributed by atoms with Gasteiger partial charge in [-0.1, -0.05) is 20.8 Å². The molecule has 3 heteroatoms. The summed E-state index contributed by atoms with van der Waals surface area (Å²) in [7, 11) is 0. The molecule has 1 heterocycles. The van der Waals surface area contributed by atoms with E-state index in [4.69, 9.17) is 5.73 Å². The van der Waals surface area contributed by atoms with Gasteiger partial charge in [-0.2, -0.15) is 0 Å². The van der Waals surface area contributed by atoms with Crippen molar-refractivity contribution in [2.24, 2.45) is 5.73 Å². The summed E-state index contributed by atoms with van der Waals surface area (Å²) in [6, 6.07) is 2.06. The summed E-state index contributed by atoms with van der Waals surface area (Å²) in [6.45, 7) is 9.22. The zero-order chi connectivity index (χ0) is 11.5. The molecule has 1 rings (SSSR count). The number of aryl methyl sites for hydroxylation is 2. The lowest BCUT2D eigenvalue weighted by atomic mass is 9.91. The molecule has 0 aliphatic carbocycles. The Kier molecular flexibility index (Phi) is 3.80. The summed E-state index contributed by atoms with van der Waals surface area (Å²) in [4.78, 5) is 8.99. The van der Waals surface area contributed by atoms with Crippen molar-refractivity contribution in [2.75, 3.05) is 6.54 Å². The zero-order valence-electron chi connectivity index (χ0n) is 10.2. The van der Waals surface area contributed by atoms with E-state index in [0.29, 0.717) is 6.54 Å². The third kappa shape index (κ3) is 3.59. The van der Waals surface area contributed by atoms with E-state index in [0.717, 1.165) is 30.1 Å². The Hall–Kier alpha value is -0.960. The third-order valence-electron chi connectivity index (χ3n) is 2.27. The molecule has 0 aliphatic rings. The van der Waals surface area contributed by atoms with Crippen LogP contribution in [-0.2, 0) is 11.8 Å². The van der Waals surface area contributed by atoms with E-state index in [1.54, 1.807) is 0 Å². The van der Waals surface area contributed by atoms with E-state index in [9.17, 15) is 0 Å². The molecule has 0 amide bonds. The second kappa shape index (κ2) is 4.71. The Morgan fingerprint density at radius 1 is 1.27 bits per heavy atom. The van der Waals surface area contributed by atoms with Crippen LogP contribution in [0.5, 0.6) is 0 Å². The van der Waals surface area contributed by atoms with E-state index in [-0.39, 0.29) is 5.41 Å². The monoisotopic (exact) mass is 207 g/mol. The van der Waals surface area contributed by atoms with Crippen molar-refractivity contribution in [3.63, 3.8) is 0 Å².